The minimum absolute atomic E-state index is 0.108. The third-order valence-electron chi connectivity index (χ3n) is 3.64. The van der Waals surface area contributed by atoms with Crippen LogP contribution in [0.15, 0.2) is 46.9 Å². The van der Waals surface area contributed by atoms with Gasteiger partial charge in [0.2, 0.25) is 0 Å². The van der Waals surface area contributed by atoms with Crippen molar-refractivity contribution < 1.29 is 19.1 Å². The molecule has 0 aliphatic rings. The van der Waals surface area contributed by atoms with Crippen molar-refractivity contribution in [1.82, 2.24) is 0 Å². The van der Waals surface area contributed by atoms with Gasteiger partial charge in [-0.15, -0.1) is 0 Å². The Morgan fingerprint density at radius 2 is 1.81 bits per heavy atom. The summed E-state index contributed by atoms with van der Waals surface area (Å²) >= 11 is 3.47. The maximum absolute atomic E-state index is 12.1. The van der Waals surface area contributed by atoms with E-state index in [1.165, 1.54) is 5.56 Å². The number of carbonyl (C=O) groups is 2. The van der Waals surface area contributed by atoms with Crippen molar-refractivity contribution in [2.24, 2.45) is 0 Å². The number of aryl methyl sites for hydroxylation is 1. The molecule has 0 bridgehead atoms. The number of hydrogen-bond donors (Lipinski definition) is 1. The molecular weight excluding hydrogens is 410 g/mol. The molecule has 0 saturated heterocycles. The number of amides is 1. The number of ether oxygens (including phenoxy) is 2. The van der Waals surface area contributed by atoms with Gasteiger partial charge < -0.3 is 14.8 Å². The minimum Gasteiger partial charge on any atom is -0.483 e. The first-order valence-corrected chi connectivity index (χ1v) is 9.70. The van der Waals surface area contributed by atoms with E-state index >= 15 is 0 Å². The normalized spacial score (nSPS) is 10.6. The fraction of sp³-hybridized carbons (Fsp3) is 0.333. The molecule has 2 aromatic rings. The monoisotopic (exact) mass is 433 g/mol. The van der Waals surface area contributed by atoms with Crippen LogP contribution in [0.2, 0.25) is 0 Å². The van der Waals surface area contributed by atoms with Gasteiger partial charge in [-0.2, -0.15) is 0 Å². The molecule has 27 heavy (non-hydrogen) atoms. The van der Waals surface area contributed by atoms with Gasteiger partial charge in [0.05, 0.1) is 16.1 Å². The Kier molecular flexibility index (Phi) is 7.85. The van der Waals surface area contributed by atoms with Gasteiger partial charge in [-0.25, -0.2) is 4.79 Å². The number of carbonyl (C=O) groups excluding carboxylic acids is 2. The molecule has 0 aromatic heterocycles. The number of nitrogens with one attached hydrogen (secondary N) is 1. The quantitative estimate of drug-likeness (QED) is 0.595. The van der Waals surface area contributed by atoms with Gasteiger partial charge in [0.1, 0.15) is 5.75 Å². The molecule has 0 fully saturated rings. The molecule has 0 unspecified atom stereocenters. The Bertz CT molecular complexity index is 787. The third-order valence-corrected chi connectivity index (χ3v) is 4.26. The fourth-order valence-corrected chi connectivity index (χ4v) is 2.96. The van der Waals surface area contributed by atoms with Crippen LogP contribution in [0.4, 0.5) is 5.69 Å². The minimum atomic E-state index is -0.387. The van der Waals surface area contributed by atoms with Crippen molar-refractivity contribution in [1.29, 1.82) is 0 Å². The van der Waals surface area contributed by atoms with E-state index in [0.29, 0.717) is 17.0 Å². The second-order valence-electron chi connectivity index (χ2n) is 6.38. The first-order chi connectivity index (χ1) is 12.9. The maximum atomic E-state index is 12.1. The highest BCUT2D eigenvalue weighted by Crippen LogP contribution is 2.26. The lowest BCUT2D eigenvalue weighted by molar-refractivity contribution is -0.118. The van der Waals surface area contributed by atoms with E-state index in [0.717, 1.165) is 17.3 Å². The fourth-order valence-electron chi connectivity index (χ4n) is 2.42. The SMILES string of the molecule is CCCc1ccc(OCC(=O)Nc2ccc(C(=O)OC(C)C)cc2)c(Br)c1. The number of rotatable bonds is 8. The average molecular weight is 434 g/mol. The van der Waals surface area contributed by atoms with Crippen LogP contribution in [0.3, 0.4) is 0 Å². The Morgan fingerprint density at radius 3 is 2.41 bits per heavy atom. The number of benzene rings is 2. The highest BCUT2D eigenvalue weighted by Gasteiger charge is 2.10. The Hall–Kier alpha value is -2.34. The topological polar surface area (TPSA) is 64.6 Å². The van der Waals surface area contributed by atoms with Crippen LogP contribution in [-0.4, -0.2) is 24.6 Å². The van der Waals surface area contributed by atoms with Gasteiger partial charge in [0, 0.05) is 5.69 Å². The van der Waals surface area contributed by atoms with Gasteiger partial charge >= 0.3 is 5.97 Å². The summed E-state index contributed by atoms with van der Waals surface area (Å²) in [6.07, 6.45) is 1.90. The second kappa shape index (κ2) is 10.1. The summed E-state index contributed by atoms with van der Waals surface area (Å²) in [5.41, 5.74) is 2.24. The smallest absolute Gasteiger partial charge is 0.338 e. The maximum Gasteiger partial charge on any atom is 0.338 e. The summed E-state index contributed by atoms with van der Waals surface area (Å²) < 4.78 is 11.5. The molecule has 6 heteroatoms. The summed E-state index contributed by atoms with van der Waals surface area (Å²) in [7, 11) is 0. The van der Waals surface area contributed by atoms with Gasteiger partial charge in [0.15, 0.2) is 6.61 Å². The molecule has 1 amide bonds. The van der Waals surface area contributed by atoms with Gasteiger partial charge in [-0.1, -0.05) is 19.4 Å². The molecule has 2 aromatic carbocycles. The van der Waals surface area contributed by atoms with E-state index in [9.17, 15) is 9.59 Å². The van der Waals surface area contributed by atoms with Gasteiger partial charge in [0.25, 0.3) is 5.91 Å². The van der Waals surface area contributed by atoms with Crippen molar-refractivity contribution in [2.45, 2.75) is 39.7 Å². The lowest BCUT2D eigenvalue weighted by Crippen LogP contribution is -2.20. The number of hydrogen-bond acceptors (Lipinski definition) is 4. The lowest BCUT2D eigenvalue weighted by atomic mass is 10.1. The highest BCUT2D eigenvalue weighted by molar-refractivity contribution is 9.10. The van der Waals surface area contributed by atoms with E-state index in [-0.39, 0.29) is 24.6 Å². The van der Waals surface area contributed by atoms with Crippen LogP contribution in [0.1, 0.15) is 43.1 Å². The number of anilines is 1. The Balaban J connectivity index is 1.88. The van der Waals surface area contributed by atoms with Crippen LogP contribution >= 0.6 is 15.9 Å². The molecule has 0 heterocycles. The van der Waals surface area contributed by atoms with E-state index in [4.69, 9.17) is 9.47 Å². The average Bonchev–Trinajstić information content (AvgIpc) is 2.61. The number of halogens is 1. The Labute approximate surface area is 168 Å². The van der Waals surface area contributed by atoms with Crippen molar-refractivity contribution in [3.63, 3.8) is 0 Å². The van der Waals surface area contributed by atoms with Crippen molar-refractivity contribution in [3.05, 3.63) is 58.1 Å². The van der Waals surface area contributed by atoms with Crippen LogP contribution in [-0.2, 0) is 16.0 Å². The molecule has 2 rings (SSSR count). The molecule has 0 saturated carbocycles. The van der Waals surface area contributed by atoms with Gasteiger partial charge in [-0.05, 0) is 78.2 Å². The van der Waals surface area contributed by atoms with Crippen LogP contribution in [0.5, 0.6) is 5.75 Å². The van der Waals surface area contributed by atoms with E-state index in [2.05, 4.69) is 28.2 Å². The predicted octanol–water partition coefficient (Wildman–Crippen LogP) is 4.98. The van der Waals surface area contributed by atoms with E-state index < -0.39 is 0 Å². The second-order valence-corrected chi connectivity index (χ2v) is 7.24. The van der Waals surface area contributed by atoms with Crippen molar-refractivity contribution >= 4 is 33.5 Å². The first-order valence-electron chi connectivity index (χ1n) is 8.91. The molecular formula is C21H24BrNO4. The van der Waals surface area contributed by atoms with Crippen molar-refractivity contribution in [2.75, 3.05) is 11.9 Å². The molecule has 0 aliphatic carbocycles. The number of esters is 1. The first kappa shape index (κ1) is 21.0. The molecule has 1 N–H and O–H groups in total. The van der Waals surface area contributed by atoms with E-state index in [1.807, 2.05) is 18.2 Å². The summed E-state index contributed by atoms with van der Waals surface area (Å²) in [6, 6.07) is 12.4. The van der Waals surface area contributed by atoms with Gasteiger partial charge in [-0.3, -0.25) is 4.79 Å². The highest BCUT2D eigenvalue weighted by atomic mass is 79.9. The standard InChI is InChI=1S/C21H24BrNO4/c1-4-5-15-6-11-19(18(22)12-15)26-13-20(24)23-17-9-7-16(8-10-17)21(25)27-14(2)3/h6-12,14H,4-5,13H2,1-3H3,(H,23,24). The predicted molar refractivity (Wildman–Crippen MR) is 109 cm³/mol. The largest absolute Gasteiger partial charge is 0.483 e. The Morgan fingerprint density at radius 1 is 1.11 bits per heavy atom. The van der Waals surface area contributed by atoms with Crippen LogP contribution in [0.25, 0.3) is 0 Å². The molecule has 0 radical (unpaired) electrons. The van der Waals surface area contributed by atoms with Crippen LogP contribution < -0.4 is 10.1 Å². The lowest BCUT2D eigenvalue weighted by Gasteiger charge is -2.11. The zero-order valence-corrected chi connectivity index (χ0v) is 17.3. The van der Waals surface area contributed by atoms with Crippen LogP contribution in [0, 0.1) is 0 Å². The summed E-state index contributed by atoms with van der Waals surface area (Å²) in [5, 5.41) is 2.74. The zero-order valence-electron chi connectivity index (χ0n) is 15.8. The van der Waals surface area contributed by atoms with Crippen molar-refractivity contribution in [3.8, 4) is 5.75 Å². The summed E-state index contributed by atoms with van der Waals surface area (Å²) in [6.45, 7) is 5.61. The molecule has 144 valence electrons. The molecule has 5 nitrogen and oxygen atoms in total. The molecule has 0 atom stereocenters. The summed E-state index contributed by atoms with van der Waals surface area (Å²) in [5.74, 6) is -0.0450. The molecule has 0 spiro atoms. The van der Waals surface area contributed by atoms with E-state index in [1.54, 1.807) is 38.1 Å². The zero-order chi connectivity index (χ0) is 19.8. The summed E-state index contributed by atoms with van der Waals surface area (Å²) in [4.78, 5) is 23.9. The molecule has 0 aliphatic heterocycles. The third kappa shape index (κ3) is 6.71.